The number of furan rings is 1. The highest BCUT2D eigenvalue weighted by atomic mass is 16.3. The first-order valence-corrected chi connectivity index (χ1v) is 6.73. The van der Waals surface area contributed by atoms with Gasteiger partial charge in [0.15, 0.2) is 5.76 Å². The number of aromatic amines is 1. The Kier molecular flexibility index (Phi) is 3.60. The van der Waals surface area contributed by atoms with Crippen molar-refractivity contribution in [1.29, 1.82) is 0 Å². The normalized spacial score (nSPS) is 12.7. The molecule has 0 aliphatic rings. The van der Waals surface area contributed by atoms with Crippen LogP contribution in [0.3, 0.4) is 0 Å². The number of carbonyl (C=O) groups is 1. The zero-order valence-electron chi connectivity index (χ0n) is 11.4. The lowest BCUT2D eigenvalue weighted by molar-refractivity contribution is 0.0935. The van der Waals surface area contributed by atoms with Crippen molar-refractivity contribution in [3.8, 4) is 0 Å². The Bertz CT molecular complexity index is 759. The van der Waals surface area contributed by atoms with E-state index in [9.17, 15) is 9.90 Å². The summed E-state index contributed by atoms with van der Waals surface area (Å²) >= 11 is 0. The smallest absolute Gasteiger partial charge is 0.206 e. The van der Waals surface area contributed by atoms with Gasteiger partial charge in [-0.3, -0.25) is 4.79 Å². The number of nitrogens with two attached hydrogens (primary N) is 1. The minimum absolute atomic E-state index is 0.0417. The van der Waals surface area contributed by atoms with Crippen molar-refractivity contribution in [1.82, 2.24) is 4.98 Å². The number of nitrogens with one attached hydrogen (secondary N) is 1. The Balaban J connectivity index is 2.06. The van der Waals surface area contributed by atoms with E-state index >= 15 is 0 Å². The molecule has 0 bridgehead atoms. The first-order chi connectivity index (χ1) is 10.2. The van der Waals surface area contributed by atoms with Gasteiger partial charge in [-0.25, -0.2) is 0 Å². The zero-order valence-corrected chi connectivity index (χ0v) is 11.4. The molecule has 0 radical (unpaired) electrons. The maximum absolute atomic E-state index is 12.5. The van der Waals surface area contributed by atoms with Crippen LogP contribution in [0.1, 0.15) is 27.6 Å². The van der Waals surface area contributed by atoms with E-state index in [1.807, 2.05) is 18.2 Å². The van der Waals surface area contributed by atoms with Gasteiger partial charge in [0.05, 0.1) is 18.8 Å². The molecule has 1 aromatic carbocycles. The third kappa shape index (κ3) is 2.37. The quantitative estimate of drug-likeness (QED) is 0.626. The minimum Gasteiger partial charge on any atom is -0.461 e. The fourth-order valence-electron chi connectivity index (χ4n) is 2.54. The number of carbonyl (C=O) groups excluding carboxylic acids is 1. The van der Waals surface area contributed by atoms with Gasteiger partial charge < -0.3 is 20.2 Å². The van der Waals surface area contributed by atoms with Crippen molar-refractivity contribution in [3.05, 3.63) is 59.7 Å². The molecule has 3 aromatic rings. The number of aromatic nitrogens is 1. The highest BCUT2D eigenvalue weighted by molar-refractivity contribution is 6.01. The van der Waals surface area contributed by atoms with Gasteiger partial charge in [-0.15, -0.1) is 0 Å². The first-order valence-electron chi connectivity index (χ1n) is 6.73. The lowest BCUT2D eigenvalue weighted by atomic mass is 9.92. The Morgan fingerprint density at radius 2 is 2.24 bits per heavy atom. The second-order valence-corrected chi connectivity index (χ2v) is 4.91. The number of Topliss-reactive ketones (excluding diaryl/α,β-unsaturated/α-hetero) is 1. The van der Waals surface area contributed by atoms with E-state index in [1.54, 1.807) is 18.3 Å². The van der Waals surface area contributed by atoms with E-state index in [0.717, 1.165) is 22.0 Å². The average molecular weight is 284 g/mol. The Hall–Kier alpha value is -2.37. The molecule has 2 heterocycles. The summed E-state index contributed by atoms with van der Waals surface area (Å²) in [5, 5.41) is 10.2. The maximum Gasteiger partial charge on any atom is 0.206 e. The summed E-state index contributed by atoms with van der Waals surface area (Å²) in [5.41, 5.74) is 8.34. The van der Waals surface area contributed by atoms with Gasteiger partial charge in [-0.05, 0) is 35.4 Å². The van der Waals surface area contributed by atoms with Gasteiger partial charge in [0.25, 0.3) is 0 Å². The average Bonchev–Trinajstić information content (AvgIpc) is 3.17. The van der Waals surface area contributed by atoms with Crippen LogP contribution in [-0.4, -0.2) is 22.4 Å². The van der Waals surface area contributed by atoms with E-state index in [-0.39, 0.29) is 18.9 Å². The second kappa shape index (κ2) is 5.55. The molecule has 21 heavy (non-hydrogen) atoms. The van der Waals surface area contributed by atoms with Crippen LogP contribution < -0.4 is 5.73 Å². The van der Waals surface area contributed by atoms with E-state index in [1.165, 1.54) is 6.26 Å². The first kappa shape index (κ1) is 13.6. The molecule has 1 unspecified atom stereocenters. The van der Waals surface area contributed by atoms with E-state index in [4.69, 9.17) is 10.2 Å². The van der Waals surface area contributed by atoms with Gasteiger partial charge in [-0.2, -0.15) is 0 Å². The lowest BCUT2D eigenvalue weighted by Gasteiger charge is -2.11. The van der Waals surface area contributed by atoms with Crippen LogP contribution in [0.4, 0.5) is 0 Å². The van der Waals surface area contributed by atoms with Crippen molar-refractivity contribution in [2.45, 2.75) is 12.5 Å². The summed E-state index contributed by atoms with van der Waals surface area (Å²) in [5.74, 6) is -0.310. The molecule has 4 N–H and O–H groups in total. The van der Waals surface area contributed by atoms with Crippen LogP contribution in [-0.2, 0) is 6.61 Å². The molecule has 5 heteroatoms. The monoisotopic (exact) mass is 284 g/mol. The third-order valence-electron chi connectivity index (χ3n) is 3.65. The summed E-state index contributed by atoms with van der Waals surface area (Å²) in [6, 6.07) is 8.92. The molecule has 0 aliphatic heterocycles. The van der Waals surface area contributed by atoms with Crippen molar-refractivity contribution in [2.24, 2.45) is 5.73 Å². The summed E-state index contributed by atoms with van der Waals surface area (Å²) in [6.45, 7) is 0.149. The zero-order chi connectivity index (χ0) is 14.8. The van der Waals surface area contributed by atoms with Crippen LogP contribution in [0.15, 0.2) is 47.2 Å². The number of fused-ring (bicyclic) bond motifs is 1. The molecule has 3 rings (SSSR count). The largest absolute Gasteiger partial charge is 0.461 e. The van der Waals surface area contributed by atoms with E-state index in [0.29, 0.717) is 5.76 Å². The molecule has 0 saturated heterocycles. The number of aliphatic hydroxyl groups is 1. The van der Waals surface area contributed by atoms with Crippen molar-refractivity contribution < 1.29 is 14.3 Å². The predicted octanol–water partition coefficient (Wildman–Crippen LogP) is 2.18. The van der Waals surface area contributed by atoms with Gasteiger partial charge in [-0.1, -0.05) is 6.07 Å². The van der Waals surface area contributed by atoms with Crippen LogP contribution in [0.2, 0.25) is 0 Å². The van der Waals surface area contributed by atoms with Crippen LogP contribution in [0, 0.1) is 0 Å². The van der Waals surface area contributed by atoms with E-state index in [2.05, 4.69) is 4.98 Å². The molecule has 0 saturated carbocycles. The lowest BCUT2D eigenvalue weighted by Crippen LogP contribution is -2.21. The molecule has 0 fully saturated rings. The molecule has 0 spiro atoms. The molecular weight excluding hydrogens is 268 g/mol. The molecule has 108 valence electrons. The molecule has 2 aromatic heterocycles. The van der Waals surface area contributed by atoms with Crippen LogP contribution in [0.25, 0.3) is 10.9 Å². The molecule has 0 aliphatic carbocycles. The minimum atomic E-state index is -0.473. The molecule has 5 nitrogen and oxygen atoms in total. The van der Waals surface area contributed by atoms with Crippen molar-refractivity contribution in [3.63, 3.8) is 0 Å². The Morgan fingerprint density at radius 1 is 1.38 bits per heavy atom. The summed E-state index contributed by atoms with van der Waals surface area (Å²) in [6.07, 6.45) is 3.27. The maximum atomic E-state index is 12.5. The number of aliphatic hydroxyl groups excluding tert-OH is 1. The highest BCUT2D eigenvalue weighted by Crippen LogP contribution is 2.28. The van der Waals surface area contributed by atoms with Crippen molar-refractivity contribution in [2.75, 3.05) is 6.54 Å². The topological polar surface area (TPSA) is 92.3 Å². The van der Waals surface area contributed by atoms with Crippen LogP contribution in [0.5, 0.6) is 0 Å². The predicted molar refractivity (Wildman–Crippen MR) is 79.1 cm³/mol. The SMILES string of the molecule is NCC(C(=O)c1ccco1)c1c[nH]c2ccc(CO)cc12. The number of rotatable bonds is 5. The fourth-order valence-corrected chi connectivity index (χ4v) is 2.54. The summed E-state index contributed by atoms with van der Waals surface area (Å²) in [4.78, 5) is 15.6. The van der Waals surface area contributed by atoms with Gasteiger partial charge in [0.1, 0.15) is 0 Å². The van der Waals surface area contributed by atoms with Crippen molar-refractivity contribution >= 4 is 16.7 Å². The third-order valence-corrected chi connectivity index (χ3v) is 3.65. The number of hydrogen-bond acceptors (Lipinski definition) is 4. The number of H-pyrrole nitrogens is 1. The second-order valence-electron chi connectivity index (χ2n) is 4.91. The van der Waals surface area contributed by atoms with Crippen LogP contribution >= 0.6 is 0 Å². The van der Waals surface area contributed by atoms with Gasteiger partial charge in [0, 0.05) is 23.6 Å². The number of ketones is 1. The highest BCUT2D eigenvalue weighted by Gasteiger charge is 2.25. The summed E-state index contributed by atoms with van der Waals surface area (Å²) < 4.78 is 5.18. The molecule has 0 amide bonds. The molecular formula is C16H16N2O3. The summed E-state index contributed by atoms with van der Waals surface area (Å²) in [7, 11) is 0. The number of benzene rings is 1. The fraction of sp³-hybridized carbons (Fsp3) is 0.188. The molecule has 1 atom stereocenters. The standard InChI is InChI=1S/C16H16N2O3/c17-7-12(16(20)15-2-1-5-21-15)13-8-18-14-4-3-10(9-19)6-11(13)14/h1-6,8,12,18-19H,7,9,17H2. The number of hydrogen-bond donors (Lipinski definition) is 3. The Morgan fingerprint density at radius 3 is 2.90 bits per heavy atom. The van der Waals surface area contributed by atoms with E-state index < -0.39 is 5.92 Å². The van der Waals surface area contributed by atoms with Gasteiger partial charge in [0.2, 0.25) is 5.78 Å². The van der Waals surface area contributed by atoms with Gasteiger partial charge >= 0.3 is 0 Å². The Labute approximate surface area is 121 Å².